The third kappa shape index (κ3) is 5.22. The van der Waals surface area contributed by atoms with Crippen LogP contribution in [0.25, 0.3) is 10.9 Å². The van der Waals surface area contributed by atoms with Crippen molar-refractivity contribution >= 4 is 22.6 Å². The van der Waals surface area contributed by atoms with Crippen LogP contribution in [0.2, 0.25) is 0 Å². The molecule has 10 nitrogen and oxygen atoms in total. The second-order valence-electron chi connectivity index (χ2n) is 7.85. The van der Waals surface area contributed by atoms with Crippen LogP contribution in [0.1, 0.15) is 17.1 Å². The molecule has 5 aromatic rings. The number of tetrazole rings is 1. The summed E-state index contributed by atoms with van der Waals surface area (Å²) in [4.78, 5) is 22.4. The van der Waals surface area contributed by atoms with Crippen LogP contribution in [0.4, 0.5) is 28.0 Å². The fraction of sp³-hybridized carbons (Fsp3) is 0.130. The van der Waals surface area contributed by atoms with Gasteiger partial charge in [-0.3, -0.25) is 4.57 Å². The standard InChI is InChI=1S/C23H16F4N8O2/c1-13-31-33-35(32-13)11-16-10-21(29-12-28-16)37-17-3-5-20-14(8-17)6-7-34(20)22(36)30-15-2-4-19(24)18(9-15)23(25,26)27/h2-10,12H,11H2,1H3,(H,30,36). The second kappa shape index (κ2) is 9.29. The highest BCUT2D eigenvalue weighted by Gasteiger charge is 2.34. The van der Waals surface area contributed by atoms with Crippen LogP contribution in [0, 0.1) is 12.7 Å². The zero-order valence-electron chi connectivity index (χ0n) is 18.9. The molecule has 3 heterocycles. The lowest BCUT2D eigenvalue weighted by Crippen LogP contribution is -2.19. The predicted molar refractivity (Wildman–Crippen MR) is 122 cm³/mol. The Hall–Kier alpha value is -4.88. The highest BCUT2D eigenvalue weighted by atomic mass is 19.4. The summed E-state index contributed by atoms with van der Waals surface area (Å²) in [5, 5.41) is 14.8. The Morgan fingerprint density at radius 3 is 2.68 bits per heavy atom. The lowest BCUT2D eigenvalue weighted by Gasteiger charge is -2.12. The first-order valence-corrected chi connectivity index (χ1v) is 10.7. The molecule has 1 amide bonds. The summed E-state index contributed by atoms with van der Waals surface area (Å²) >= 11 is 0. The summed E-state index contributed by atoms with van der Waals surface area (Å²) in [7, 11) is 0. The lowest BCUT2D eigenvalue weighted by molar-refractivity contribution is -0.139. The van der Waals surface area contributed by atoms with Gasteiger partial charge in [-0.2, -0.15) is 18.0 Å². The van der Waals surface area contributed by atoms with Crippen molar-refractivity contribution in [2.75, 3.05) is 5.32 Å². The molecule has 0 aliphatic rings. The lowest BCUT2D eigenvalue weighted by atomic mass is 10.2. The maximum atomic E-state index is 13.5. The van der Waals surface area contributed by atoms with Crippen LogP contribution in [-0.4, -0.2) is 40.8 Å². The number of fused-ring (bicyclic) bond motifs is 1. The molecule has 0 saturated heterocycles. The fourth-order valence-electron chi connectivity index (χ4n) is 3.54. The third-order valence-corrected chi connectivity index (χ3v) is 5.18. The Kier molecular flexibility index (Phi) is 5.99. The van der Waals surface area contributed by atoms with E-state index in [-0.39, 0.29) is 18.1 Å². The normalized spacial score (nSPS) is 11.6. The molecule has 0 fully saturated rings. The van der Waals surface area contributed by atoms with Crippen molar-refractivity contribution < 1.29 is 27.1 Å². The van der Waals surface area contributed by atoms with Gasteiger partial charge in [0.15, 0.2) is 5.82 Å². The van der Waals surface area contributed by atoms with Gasteiger partial charge in [-0.1, -0.05) is 0 Å². The van der Waals surface area contributed by atoms with Gasteiger partial charge < -0.3 is 10.1 Å². The fourth-order valence-corrected chi connectivity index (χ4v) is 3.54. The largest absolute Gasteiger partial charge is 0.439 e. The smallest absolute Gasteiger partial charge is 0.419 e. The topological polar surface area (TPSA) is 113 Å². The average molecular weight is 512 g/mol. The van der Waals surface area contributed by atoms with Gasteiger partial charge >= 0.3 is 12.2 Å². The summed E-state index contributed by atoms with van der Waals surface area (Å²) in [5.74, 6) is -0.192. The number of ether oxygens (including phenoxy) is 1. The molecule has 0 radical (unpaired) electrons. The number of benzene rings is 2. The Labute approximate surface area is 205 Å². The molecule has 5 rings (SSSR count). The molecule has 0 saturated carbocycles. The van der Waals surface area contributed by atoms with E-state index in [1.54, 1.807) is 37.3 Å². The highest BCUT2D eigenvalue weighted by molar-refractivity contribution is 5.98. The summed E-state index contributed by atoms with van der Waals surface area (Å²) in [5.41, 5.74) is -0.596. The summed E-state index contributed by atoms with van der Waals surface area (Å²) < 4.78 is 59.5. The average Bonchev–Trinajstić information content (AvgIpc) is 3.45. The molecule has 3 aromatic heterocycles. The van der Waals surface area contributed by atoms with Gasteiger partial charge in [0.25, 0.3) is 0 Å². The minimum atomic E-state index is -4.89. The van der Waals surface area contributed by atoms with E-state index in [0.29, 0.717) is 40.3 Å². The molecule has 0 atom stereocenters. The SMILES string of the molecule is Cc1nnn(Cc2cc(Oc3ccc4c(ccn4C(=O)Nc4ccc(F)c(C(F)(F)F)c4)c3)ncn2)n1. The maximum Gasteiger partial charge on any atom is 0.419 e. The van der Waals surface area contributed by atoms with Crippen LogP contribution >= 0.6 is 0 Å². The van der Waals surface area contributed by atoms with Crippen LogP contribution in [-0.2, 0) is 12.7 Å². The van der Waals surface area contributed by atoms with E-state index < -0.39 is 23.6 Å². The van der Waals surface area contributed by atoms with E-state index in [2.05, 4.69) is 30.7 Å². The van der Waals surface area contributed by atoms with Crippen molar-refractivity contribution in [1.29, 1.82) is 0 Å². The highest BCUT2D eigenvalue weighted by Crippen LogP contribution is 2.33. The number of rotatable bonds is 5. The van der Waals surface area contributed by atoms with Gasteiger partial charge in [-0.25, -0.2) is 19.2 Å². The molecule has 188 valence electrons. The van der Waals surface area contributed by atoms with Gasteiger partial charge in [0, 0.05) is 23.3 Å². The molecule has 0 aliphatic heterocycles. The Morgan fingerprint density at radius 2 is 1.92 bits per heavy atom. The van der Waals surface area contributed by atoms with Crippen molar-refractivity contribution in [3.8, 4) is 11.6 Å². The van der Waals surface area contributed by atoms with Crippen LogP contribution in [0.3, 0.4) is 0 Å². The number of carbonyl (C=O) groups is 1. The quantitative estimate of drug-likeness (QED) is 0.337. The molecular formula is C23H16F4N8O2. The predicted octanol–water partition coefficient (Wildman–Crippen LogP) is 4.80. The monoisotopic (exact) mass is 512 g/mol. The molecule has 0 spiro atoms. The molecule has 0 bridgehead atoms. The number of aromatic nitrogens is 7. The molecular weight excluding hydrogens is 496 g/mol. The van der Waals surface area contributed by atoms with Gasteiger partial charge in [0.2, 0.25) is 5.88 Å². The van der Waals surface area contributed by atoms with Crippen molar-refractivity contribution in [2.45, 2.75) is 19.6 Å². The van der Waals surface area contributed by atoms with Crippen LogP contribution in [0.5, 0.6) is 11.6 Å². The summed E-state index contributed by atoms with van der Waals surface area (Å²) in [6, 6.07) is 9.67. The van der Waals surface area contributed by atoms with E-state index in [9.17, 15) is 22.4 Å². The van der Waals surface area contributed by atoms with Crippen LogP contribution < -0.4 is 10.1 Å². The number of alkyl halides is 3. The Balaban J connectivity index is 1.32. The van der Waals surface area contributed by atoms with Crippen molar-refractivity contribution in [1.82, 2.24) is 34.7 Å². The summed E-state index contributed by atoms with van der Waals surface area (Å²) in [6.45, 7) is 1.99. The van der Waals surface area contributed by atoms with Gasteiger partial charge in [0.1, 0.15) is 24.4 Å². The Morgan fingerprint density at radius 1 is 1.08 bits per heavy atom. The number of nitrogens with one attached hydrogen (secondary N) is 1. The van der Waals surface area contributed by atoms with Gasteiger partial charge in [0.05, 0.1) is 16.8 Å². The number of anilines is 1. The number of amides is 1. The number of carbonyl (C=O) groups excluding carboxylic acids is 1. The minimum Gasteiger partial charge on any atom is -0.439 e. The van der Waals surface area contributed by atoms with E-state index in [4.69, 9.17) is 4.74 Å². The number of hydrogen-bond acceptors (Lipinski definition) is 7. The maximum absolute atomic E-state index is 13.5. The van der Waals surface area contributed by atoms with E-state index in [1.807, 2.05) is 0 Å². The molecule has 1 N–H and O–H groups in total. The number of hydrogen-bond donors (Lipinski definition) is 1. The van der Waals surface area contributed by atoms with Crippen LogP contribution in [0.15, 0.2) is 61.1 Å². The molecule has 0 unspecified atom stereocenters. The zero-order chi connectivity index (χ0) is 26.2. The molecule has 0 aliphatic carbocycles. The van der Waals surface area contributed by atoms with Crippen molar-refractivity contribution in [2.24, 2.45) is 0 Å². The van der Waals surface area contributed by atoms with E-state index >= 15 is 0 Å². The van der Waals surface area contributed by atoms with E-state index in [1.165, 1.54) is 21.9 Å². The molecule has 2 aromatic carbocycles. The van der Waals surface area contributed by atoms with Crippen molar-refractivity contribution in [3.05, 3.63) is 84.0 Å². The van der Waals surface area contributed by atoms with E-state index in [0.717, 1.165) is 6.07 Å². The first-order chi connectivity index (χ1) is 17.7. The van der Waals surface area contributed by atoms with Crippen molar-refractivity contribution in [3.63, 3.8) is 0 Å². The Bertz CT molecular complexity index is 1610. The number of halogens is 4. The first-order valence-electron chi connectivity index (χ1n) is 10.7. The summed E-state index contributed by atoms with van der Waals surface area (Å²) in [6.07, 6.45) is -2.10. The number of aryl methyl sites for hydroxylation is 1. The molecule has 14 heteroatoms. The minimum absolute atomic E-state index is 0.198. The zero-order valence-corrected chi connectivity index (χ0v) is 18.9. The number of nitrogens with zero attached hydrogens (tertiary/aromatic N) is 7. The van der Waals surface area contributed by atoms with Gasteiger partial charge in [-0.15, -0.1) is 10.2 Å². The second-order valence-corrected chi connectivity index (χ2v) is 7.85. The molecule has 37 heavy (non-hydrogen) atoms. The third-order valence-electron chi connectivity index (χ3n) is 5.18. The first kappa shape index (κ1) is 23.8. The van der Waals surface area contributed by atoms with Gasteiger partial charge in [-0.05, 0) is 54.6 Å².